The second-order valence-corrected chi connectivity index (χ2v) is 9.73. The second kappa shape index (κ2) is 10.9. The highest BCUT2D eigenvalue weighted by Crippen LogP contribution is 2.35. The number of H-pyrrole nitrogens is 1. The van der Waals surface area contributed by atoms with Crippen LogP contribution in [-0.4, -0.2) is 78.0 Å². The number of morpholine rings is 1. The van der Waals surface area contributed by atoms with E-state index in [9.17, 15) is 0 Å². The van der Waals surface area contributed by atoms with Crippen molar-refractivity contribution in [1.29, 1.82) is 0 Å². The molecule has 0 bridgehead atoms. The predicted molar refractivity (Wildman–Crippen MR) is 136 cm³/mol. The van der Waals surface area contributed by atoms with Gasteiger partial charge < -0.3 is 30.7 Å². The standard InChI is InChI=1S/C25H34N6O3.H3N/c1-25(2,15-31-8-12-34-13-9-31)18-4-5-19(20(14-18)32-3)28-24-29-21(17-6-10-33-11-7-17)22-23(30-24)27-16-26-22;/h4-5,14,16-17H,6-13,15H2,1-3H3,(H2,26,27,28,29,30);1H3. The highest BCUT2D eigenvalue weighted by Gasteiger charge is 2.27. The van der Waals surface area contributed by atoms with E-state index in [0.29, 0.717) is 11.9 Å². The van der Waals surface area contributed by atoms with E-state index < -0.39 is 0 Å². The molecule has 2 saturated heterocycles. The molecule has 0 radical (unpaired) electrons. The van der Waals surface area contributed by atoms with Crippen LogP contribution in [-0.2, 0) is 14.9 Å². The molecule has 2 aliphatic rings. The maximum Gasteiger partial charge on any atom is 0.229 e. The summed E-state index contributed by atoms with van der Waals surface area (Å²) in [6.45, 7) is 10.6. The second-order valence-electron chi connectivity index (χ2n) is 9.73. The molecule has 2 aliphatic heterocycles. The van der Waals surface area contributed by atoms with E-state index in [2.05, 4.69) is 57.2 Å². The Morgan fingerprint density at radius 1 is 1.11 bits per heavy atom. The molecule has 10 nitrogen and oxygen atoms in total. The SMILES string of the molecule is COc1cc(C(C)(C)CN2CCOCC2)ccc1Nc1nc(C2CCOCC2)c2nc[nH]c2n1.N. The Morgan fingerprint density at radius 2 is 1.86 bits per heavy atom. The summed E-state index contributed by atoms with van der Waals surface area (Å²) in [6, 6.07) is 6.35. The monoisotopic (exact) mass is 483 g/mol. The molecule has 3 aromatic rings. The van der Waals surface area contributed by atoms with Crippen LogP contribution < -0.4 is 16.2 Å². The van der Waals surface area contributed by atoms with E-state index in [4.69, 9.17) is 19.2 Å². The summed E-state index contributed by atoms with van der Waals surface area (Å²) in [7, 11) is 1.70. The minimum Gasteiger partial charge on any atom is -0.495 e. The fourth-order valence-electron chi connectivity index (χ4n) is 4.92. The van der Waals surface area contributed by atoms with Gasteiger partial charge in [0.2, 0.25) is 5.95 Å². The number of methoxy groups -OCH3 is 1. The zero-order valence-corrected chi connectivity index (χ0v) is 21.0. The fraction of sp³-hybridized carbons (Fsp3) is 0.560. The average Bonchev–Trinajstić information content (AvgIpc) is 3.33. The van der Waals surface area contributed by atoms with Crippen LogP contribution in [0.5, 0.6) is 5.75 Å². The van der Waals surface area contributed by atoms with Gasteiger partial charge in [0.05, 0.1) is 38.0 Å². The highest BCUT2D eigenvalue weighted by atomic mass is 16.5. The van der Waals surface area contributed by atoms with Crippen molar-refractivity contribution in [2.24, 2.45) is 0 Å². The molecule has 0 amide bonds. The summed E-state index contributed by atoms with van der Waals surface area (Å²) in [6.07, 6.45) is 3.56. The summed E-state index contributed by atoms with van der Waals surface area (Å²) in [5.41, 5.74) is 4.59. The fourth-order valence-corrected chi connectivity index (χ4v) is 4.92. The molecule has 2 aromatic heterocycles. The topological polar surface area (TPSA) is 132 Å². The van der Waals surface area contributed by atoms with E-state index in [1.165, 1.54) is 5.56 Å². The van der Waals surface area contributed by atoms with Gasteiger partial charge in [-0.3, -0.25) is 4.90 Å². The Morgan fingerprint density at radius 3 is 2.60 bits per heavy atom. The third-order valence-electron chi connectivity index (χ3n) is 6.87. The lowest BCUT2D eigenvalue weighted by molar-refractivity contribution is 0.0295. The Labute approximate surface area is 206 Å². The molecular weight excluding hydrogens is 446 g/mol. The van der Waals surface area contributed by atoms with Gasteiger partial charge in [0.15, 0.2) is 5.65 Å². The van der Waals surface area contributed by atoms with E-state index in [-0.39, 0.29) is 11.6 Å². The first-order valence-electron chi connectivity index (χ1n) is 12.1. The number of nitrogens with zero attached hydrogens (tertiary/aromatic N) is 4. The van der Waals surface area contributed by atoms with Crippen LogP contribution in [0.1, 0.15) is 43.9 Å². The van der Waals surface area contributed by atoms with Crippen LogP contribution in [0.3, 0.4) is 0 Å². The summed E-state index contributed by atoms with van der Waals surface area (Å²) in [5.74, 6) is 1.62. The molecular formula is C25H37N7O3. The summed E-state index contributed by atoms with van der Waals surface area (Å²) in [5, 5.41) is 3.39. The Hall–Kier alpha value is -2.79. The van der Waals surface area contributed by atoms with Crippen LogP contribution in [0.15, 0.2) is 24.5 Å². The predicted octanol–water partition coefficient (Wildman–Crippen LogP) is 3.77. The van der Waals surface area contributed by atoms with E-state index in [1.807, 2.05) is 0 Å². The number of aromatic nitrogens is 4. The molecule has 1 aromatic carbocycles. The van der Waals surface area contributed by atoms with Crippen molar-refractivity contribution in [2.75, 3.05) is 58.5 Å². The summed E-state index contributed by atoms with van der Waals surface area (Å²) in [4.78, 5) is 19.6. The number of fused-ring (bicyclic) bond motifs is 1. The van der Waals surface area contributed by atoms with Gasteiger partial charge in [-0.1, -0.05) is 19.9 Å². The first kappa shape index (κ1) is 25.3. The van der Waals surface area contributed by atoms with Crippen molar-refractivity contribution < 1.29 is 14.2 Å². The Bertz CT molecular complexity index is 1120. The zero-order valence-electron chi connectivity index (χ0n) is 21.0. The third kappa shape index (κ3) is 5.56. The van der Waals surface area contributed by atoms with Crippen LogP contribution in [0.25, 0.3) is 11.2 Å². The molecule has 5 N–H and O–H groups in total. The normalized spacial score (nSPS) is 17.8. The van der Waals surface area contributed by atoms with Gasteiger partial charge in [-0.25, -0.2) is 9.97 Å². The van der Waals surface area contributed by atoms with Crippen LogP contribution >= 0.6 is 0 Å². The van der Waals surface area contributed by atoms with Gasteiger partial charge in [0, 0.05) is 44.2 Å². The van der Waals surface area contributed by atoms with Gasteiger partial charge in [-0.2, -0.15) is 4.98 Å². The van der Waals surface area contributed by atoms with Gasteiger partial charge in [-0.05, 0) is 30.5 Å². The number of benzene rings is 1. The largest absolute Gasteiger partial charge is 0.495 e. The first-order chi connectivity index (χ1) is 16.5. The molecule has 5 rings (SSSR count). The summed E-state index contributed by atoms with van der Waals surface area (Å²) >= 11 is 0. The van der Waals surface area contributed by atoms with E-state index in [1.54, 1.807) is 13.4 Å². The van der Waals surface area contributed by atoms with Crippen molar-refractivity contribution in [1.82, 2.24) is 31.0 Å². The van der Waals surface area contributed by atoms with Gasteiger partial charge in [0.25, 0.3) is 0 Å². The molecule has 0 atom stereocenters. The van der Waals surface area contributed by atoms with Crippen LogP contribution in [0, 0.1) is 0 Å². The van der Waals surface area contributed by atoms with Gasteiger partial charge in [-0.15, -0.1) is 0 Å². The van der Waals surface area contributed by atoms with Crippen molar-refractivity contribution in [3.8, 4) is 5.75 Å². The molecule has 10 heteroatoms. The van der Waals surface area contributed by atoms with Crippen LogP contribution in [0.2, 0.25) is 0 Å². The lowest BCUT2D eigenvalue weighted by Gasteiger charge is -2.35. The number of hydrogen-bond acceptors (Lipinski definition) is 9. The smallest absolute Gasteiger partial charge is 0.229 e. The maximum absolute atomic E-state index is 5.77. The number of imidazole rings is 1. The number of hydrogen-bond donors (Lipinski definition) is 3. The number of ether oxygens (including phenoxy) is 3. The molecule has 4 heterocycles. The third-order valence-corrected chi connectivity index (χ3v) is 6.87. The first-order valence-corrected chi connectivity index (χ1v) is 12.1. The molecule has 0 saturated carbocycles. The minimum atomic E-state index is -0.0231. The highest BCUT2D eigenvalue weighted by molar-refractivity contribution is 5.76. The number of rotatable bonds is 7. The molecule has 0 unspecified atom stereocenters. The molecule has 0 aliphatic carbocycles. The van der Waals surface area contributed by atoms with Crippen molar-refractivity contribution in [2.45, 2.75) is 38.0 Å². The van der Waals surface area contributed by atoms with Crippen molar-refractivity contribution in [3.63, 3.8) is 0 Å². The molecule has 2 fully saturated rings. The Kier molecular flexibility index (Phi) is 7.85. The van der Waals surface area contributed by atoms with Crippen LogP contribution in [0.4, 0.5) is 11.6 Å². The molecule has 35 heavy (non-hydrogen) atoms. The average molecular weight is 484 g/mol. The van der Waals surface area contributed by atoms with Crippen molar-refractivity contribution >= 4 is 22.8 Å². The lowest BCUT2D eigenvalue weighted by atomic mass is 9.83. The lowest BCUT2D eigenvalue weighted by Crippen LogP contribution is -2.43. The minimum absolute atomic E-state index is 0. The van der Waals surface area contributed by atoms with E-state index >= 15 is 0 Å². The molecule has 190 valence electrons. The number of aromatic amines is 1. The quantitative estimate of drug-likeness (QED) is 0.459. The number of nitrogens with one attached hydrogen (secondary N) is 2. The zero-order chi connectivity index (χ0) is 23.5. The van der Waals surface area contributed by atoms with Gasteiger partial charge >= 0.3 is 0 Å². The maximum atomic E-state index is 5.77. The molecule has 0 spiro atoms. The number of anilines is 2. The van der Waals surface area contributed by atoms with E-state index in [0.717, 1.165) is 87.2 Å². The van der Waals surface area contributed by atoms with Gasteiger partial charge in [0.1, 0.15) is 11.3 Å². The van der Waals surface area contributed by atoms with Crippen molar-refractivity contribution in [3.05, 3.63) is 35.8 Å². The summed E-state index contributed by atoms with van der Waals surface area (Å²) < 4.78 is 16.8. The Balaban J connectivity index is 0.00000289.